The summed E-state index contributed by atoms with van der Waals surface area (Å²) in [6.07, 6.45) is -8.06. The van der Waals surface area contributed by atoms with Crippen LogP contribution in [-0.4, -0.2) is 60.6 Å². The number of alkyl halides is 6. The molecule has 0 radical (unpaired) electrons. The molecule has 2 aliphatic heterocycles. The molecule has 16 heteroatoms. The Bertz CT molecular complexity index is 1430. The molecular formula is C24H20F6N4O5S. The number of carboxylic acids is 1. The zero-order chi connectivity index (χ0) is 29.4. The lowest BCUT2D eigenvalue weighted by atomic mass is 10.0. The number of anilines is 1. The van der Waals surface area contributed by atoms with Crippen molar-refractivity contribution in [2.24, 2.45) is 0 Å². The number of hydrogen-bond acceptors (Lipinski definition) is 7. The van der Waals surface area contributed by atoms with Gasteiger partial charge in [0.25, 0.3) is 5.91 Å². The van der Waals surface area contributed by atoms with Crippen LogP contribution in [0.3, 0.4) is 0 Å². The van der Waals surface area contributed by atoms with Crippen LogP contribution in [0.25, 0.3) is 10.9 Å². The molecule has 0 bridgehead atoms. The molecule has 0 aliphatic carbocycles. The third-order valence-electron chi connectivity index (χ3n) is 6.24. The number of halogens is 6. The minimum absolute atomic E-state index is 0.145. The molecule has 1 unspecified atom stereocenters. The number of carbonyl (C=O) groups excluding carboxylic acids is 1. The molecule has 2 aliphatic rings. The number of carboxylic acid groups (broad SMARTS) is 1. The van der Waals surface area contributed by atoms with Crippen molar-refractivity contribution >= 4 is 39.8 Å². The molecular weight excluding hydrogens is 570 g/mol. The number of aliphatic carboxylic acids is 1. The summed E-state index contributed by atoms with van der Waals surface area (Å²) in [5.41, 5.74) is 8.09. The first-order chi connectivity index (χ1) is 18.7. The van der Waals surface area contributed by atoms with Gasteiger partial charge in [-0.1, -0.05) is 12.1 Å². The summed E-state index contributed by atoms with van der Waals surface area (Å²) in [4.78, 5) is 32.5. The highest BCUT2D eigenvalue weighted by molar-refractivity contribution is 7.91. The van der Waals surface area contributed by atoms with E-state index in [1.807, 2.05) is 0 Å². The second-order valence-electron chi connectivity index (χ2n) is 8.78. The van der Waals surface area contributed by atoms with Gasteiger partial charge in [-0.15, -0.1) is 0 Å². The SMILES string of the molecule is Nc1nc2cnc(C(=O)N3CC[S+]([O-])C[C@@H]3c3ccc(C(F)(F)F)cc3)cc2c2c1COC2.O=C(O)C(F)(F)F. The lowest BCUT2D eigenvalue weighted by Gasteiger charge is -2.36. The van der Waals surface area contributed by atoms with E-state index < -0.39 is 41.1 Å². The van der Waals surface area contributed by atoms with Gasteiger partial charge in [-0.05, 0) is 40.5 Å². The largest absolute Gasteiger partial charge is 0.616 e. The Morgan fingerprint density at radius 3 is 2.33 bits per heavy atom. The number of nitrogens with zero attached hydrogens (tertiary/aromatic N) is 3. The van der Waals surface area contributed by atoms with Gasteiger partial charge in [-0.2, -0.15) is 26.3 Å². The fraction of sp³-hybridized carbons (Fsp3) is 0.333. The Hall–Kier alpha value is -3.63. The Kier molecular flexibility index (Phi) is 8.14. The Morgan fingerprint density at radius 1 is 1.10 bits per heavy atom. The molecule has 9 nitrogen and oxygen atoms in total. The van der Waals surface area contributed by atoms with Crippen LogP contribution in [-0.2, 0) is 40.1 Å². The predicted molar refractivity (Wildman–Crippen MR) is 129 cm³/mol. The monoisotopic (exact) mass is 590 g/mol. The topological polar surface area (TPSA) is 142 Å². The molecule has 3 N–H and O–H groups in total. The number of carbonyl (C=O) groups is 2. The van der Waals surface area contributed by atoms with Crippen LogP contribution in [0.5, 0.6) is 0 Å². The van der Waals surface area contributed by atoms with Crippen molar-refractivity contribution in [2.75, 3.05) is 23.8 Å². The van der Waals surface area contributed by atoms with Crippen LogP contribution in [0.2, 0.25) is 0 Å². The van der Waals surface area contributed by atoms with Gasteiger partial charge in [0.2, 0.25) is 0 Å². The summed E-state index contributed by atoms with van der Waals surface area (Å²) >= 11 is -1.19. The third kappa shape index (κ3) is 6.23. The molecule has 1 fully saturated rings. The first kappa shape index (κ1) is 29.4. The number of ether oxygens (including phenoxy) is 1. The van der Waals surface area contributed by atoms with Crippen molar-refractivity contribution in [2.45, 2.75) is 31.6 Å². The molecule has 1 saturated heterocycles. The minimum Gasteiger partial charge on any atom is -0.616 e. The molecule has 3 aromatic rings. The van der Waals surface area contributed by atoms with E-state index in [2.05, 4.69) is 9.97 Å². The zero-order valence-electron chi connectivity index (χ0n) is 20.3. The number of aromatic nitrogens is 2. The Labute approximate surface area is 225 Å². The van der Waals surface area contributed by atoms with Crippen molar-refractivity contribution in [3.05, 3.63) is 64.5 Å². The van der Waals surface area contributed by atoms with E-state index >= 15 is 0 Å². The van der Waals surface area contributed by atoms with Crippen LogP contribution in [0, 0.1) is 0 Å². The van der Waals surface area contributed by atoms with E-state index in [1.165, 1.54) is 23.2 Å². The van der Waals surface area contributed by atoms with E-state index in [-0.39, 0.29) is 29.7 Å². The van der Waals surface area contributed by atoms with Gasteiger partial charge in [0.1, 0.15) is 29.1 Å². The highest BCUT2D eigenvalue weighted by atomic mass is 32.2. The van der Waals surface area contributed by atoms with Crippen LogP contribution in [0.4, 0.5) is 32.2 Å². The number of nitrogens with two attached hydrogens (primary N) is 1. The van der Waals surface area contributed by atoms with E-state index in [4.69, 9.17) is 20.4 Å². The quantitative estimate of drug-likeness (QED) is 0.339. The number of rotatable bonds is 2. The van der Waals surface area contributed by atoms with Gasteiger partial charge < -0.3 is 25.0 Å². The maximum Gasteiger partial charge on any atom is 0.490 e. The smallest absolute Gasteiger partial charge is 0.490 e. The third-order valence-corrected chi connectivity index (χ3v) is 7.57. The van der Waals surface area contributed by atoms with Crippen LogP contribution in [0.1, 0.15) is 38.8 Å². The molecule has 1 amide bonds. The van der Waals surface area contributed by atoms with Gasteiger partial charge >= 0.3 is 18.3 Å². The summed E-state index contributed by atoms with van der Waals surface area (Å²) in [5.74, 6) is -2.34. The first-order valence-corrected chi connectivity index (χ1v) is 12.9. The number of pyridine rings is 2. The predicted octanol–water partition coefficient (Wildman–Crippen LogP) is 3.84. The first-order valence-electron chi connectivity index (χ1n) is 11.4. The molecule has 0 spiro atoms. The average molecular weight is 591 g/mol. The molecule has 2 aromatic heterocycles. The summed E-state index contributed by atoms with van der Waals surface area (Å²) in [5, 5.41) is 7.85. The standard InChI is InChI=1S/C22H19F3N4O3S.C2HF3O2/c23-22(24,25)13-3-1-12(2-4-13)19-11-33(31)6-5-29(19)21(30)17-7-14-15-9-32-10-16(15)20(26)28-18(14)8-27-17;3-2(4,5)1(6)7/h1-4,7-8,19H,5-6,9-11H2,(H2,26,28);(H,6,7)/t19-,33?;/m1./s1. The van der Waals surface area contributed by atoms with Crippen molar-refractivity contribution in [3.8, 4) is 0 Å². The van der Waals surface area contributed by atoms with Crippen molar-refractivity contribution in [3.63, 3.8) is 0 Å². The fourth-order valence-corrected chi connectivity index (χ4v) is 5.55. The van der Waals surface area contributed by atoms with Gasteiger partial charge in [0, 0.05) is 10.9 Å². The second-order valence-corrected chi connectivity index (χ2v) is 10.4. The number of benzene rings is 1. The summed E-state index contributed by atoms with van der Waals surface area (Å²) in [6.45, 7) is 0.911. The van der Waals surface area contributed by atoms with Crippen LogP contribution < -0.4 is 5.73 Å². The second kappa shape index (κ2) is 11.1. The van der Waals surface area contributed by atoms with Crippen LogP contribution >= 0.6 is 0 Å². The highest BCUT2D eigenvalue weighted by Gasteiger charge is 2.38. The number of fused-ring (bicyclic) bond motifs is 3. The molecule has 5 rings (SSSR count). The molecule has 1 aromatic carbocycles. The molecule has 0 saturated carbocycles. The highest BCUT2D eigenvalue weighted by Crippen LogP contribution is 2.34. The van der Waals surface area contributed by atoms with Crippen molar-refractivity contribution in [1.82, 2.24) is 14.9 Å². The summed E-state index contributed by atoms with van der Waals surface area (Å²) in [7, 11) is 0. The molecule has 4 heterocycles. The van der Waals surface area contributed by atoms with Gasteiger partial charge in [0.15, 0.2) is 0 Å². The van der Waals surface area contributed by atoms with Gasteiger partial charge in [0.05, 0.1) is 37.0 Å². The molecule has 40 heavy (non-hydrogen) atoms. The maximum atomic E-state index is 13.4. The number of amides is 1. The lowest BCUT2D eigenvalue weighted by molar-refractivity contribution is -0.192. The van der Waals surface area contributed by atoms with Gasteiger partial charge in [-0.3, -0.25) is 4.79 Å². The minimum atomic E-state index is -5.08. The van der Waals surface area contributed by atoms with Crippen molar-refractivity contribution in [1.29, 1.82) is 0 Å². The van der Waals surface area contributed by atoms with Gasteiger partial charge in [-0.25, -0.2) is 14.8 Å². The van der Waals surface area contributed by atoms with E-state index in [0.717, 1.165) is 28.6 Å². The Balaban J connectivity index is 0.000000470. The molecule has 214 valence electrons. The lowest BCUT2D eigenvalue weighted by Crippen LogP contribution is -2.46. The molecule has 2 atom stereocenters. The van der Waals surface area contributed by atoms with E-state index in [0.29, 0.717) is 30.1 Å². The average Bonchev–Trinajstić information content (AvgIpc) is 3.39. The van der Waals surface area contributed by atoms with E-state index in [9.17, 15) is 35.7 Å². The number of hydrogen-bond donors (Lipinski definition) is 2. The zero-order valence-corrected chi connectivity index (χ0v) is 21.1. The van der Waals surface area contributed by atoms with Crippen molar-refractivity contribution < 1.29 is 50.3 Å². The maximum absolute atomic E-state index is 13.4. The number of nitrogen functional groups attached to an aromatic ring is 1. The Morgan fingerprint density at radius 2 is 1.73 bits per heavy atom. The summed E-state index contributed by atoms with van der Waals surface area (Å²) in [6, 6.07) is 5.65. The van der Waals surface area contributed by atoms with E-state index in [1.54, 1.807) is 6.07 Å². The normalized spacial score (nSPS) is 19.1. The van der Waals surface area contributed by atoms with Crippen LogP contribution in [0.15, 0.2) is 36.5 Å². The fourth-order valence-electron chi connectivity index (χ4n) is 4.26. The summed E-state index contributed by atoms with van der Waals surface area (Å²) < 4.78 is 88.3.